The normalized spacial score (nSPS) is 8.45. The van der Waals surface area contributed by atoms with Crippen molar-refractivity contribution in [2.24, 2.45) is 0 Å². The van der Waals surface area contributed by atoms with Gasteiger partial charge in [-0.05, 0) is 12.1 Å². The molecule has 5 heteroatoms. The van der Waals surface area contributed by atoms with E-state index in [9.17, 15) is 9.18 Å². The van der Waals surface area contributed by atoms with Crippen LogP contribution in [0.3, 0.4) is 0 Å². The summed E-state index contributed by atoms with van der Waals surface area (Å²) in [6, 6.07) is 2.39. The van der Waals surface area contributed by atoms with Gasteiger partial charge in [0.25, 0.3) is 0 Å². The first kappa shape index (κ1) is 9.84. The monoisotopic (exact) mass is 177 g/mol. The lowest BCUT2D eigenvalue weighted by molar-refractivity contribution is 0.0685. The molecule has 0 aliphatic heterocycles. The van der Waals surface area contributed by atoms with E-state index in [-0.39, 0.29) is 12.4 Å². The third kappa shape index (κ3) is 2.16. The molecule has 0 spiro atoms. The molecule has 0 aromatic carbocycles. The molecule has 0 saturated heterocycles. The fraction of sp³-hybridized carbons (Fsp3) is 0. The van der Waals surface area contributed by atoms with Crippen LogP contribution < -0.4 is 0 Å². The molecule has 0 aliphatic carbocycles. The van der Waals surface area contributed by atoms with Crippen molar-refractivity contribution in [1.82, 2.24) is 4.98 Å². The number of carboxylic acid groups (broad SMARTS) is 1. The fourth-order valence-electron chi connectivity index (χ4n) is 0.543. The molecule has 11 heavy (non-hydrogen) atoms. The number of carbonyl (C=O) groups is 1. The van der Waals surface area contributed by atoms with E-state index in [0.717, 1.165) is 6.07 Å². The van der Waals surface area contributed by atoms with Gasteiger partial charge >= 0.3 is 5.97 Å². The van der Waals surface area contributed by atoms with Crippen LogP contribution in [0.4, 0.5) is 4.39 Å². The predicted molar refractivity (Wildman–Crippen MR) is 38.4 cm³/mol. The van der Waals surface area contributed by atoms with Crippen molar-refractivity contribution in [3.8, 4) is 0 Å². The molecule has 0 amide bonds. The maximum absolute atomic E-state index is 12.4. The van der Waals surface area contributed by atoms with Crippen LogP contribution in [0, 0.1) is 5.82 Å². The largest absolute Gasteiger partial charge is 0.476 e. The Morgan fingerprint density at radius 1 is 1.64 bits per heavy atom. The van der Waals surface area contributed by atoms with Gasteiger partial charge in [-0.1, -0.05) is 0 Å². The van der Waals surface area contributed by atoms with Crippen molar-refractivity contribution in [3.05, 3.63) is 29.8 Å². The Morgan fingerprint density at radius 3 is 2.64 bits per heavy atom. The number of carboxylic acids is 1. The summed E-state index contributed by atoms with van der Waals surface area (Å²) in [5.41, 5.74) is -0.539. The van der Waals surface area contributed by atoms with Crippen LogP contribution in [-0.4, -0.2) is 16.1 Å². The average Bonchev–Trinajstić information content (AvgIpc) is 1.88. The highest BCUT2D eigenvalue weighted by atomic mass is 35.5. The first-order chi connectivity index (χ1) is 4.72. The van der Waals surface area contributed by atoms with E-state index in [1.165, 1.54) is 12.3 Å². The zero-order chi connectivity index (χ0) is 7.56. The summed E-state index contributed by atoms with van der Waals surface area (Å²) in [5.74, 6) is -2.16. The van der Waals surface area contributed by atoms with Crippen molar-refractivity contribution >= 4 is 18.4 Å². The van der Waals surface area contributed by atoms with Gasteiger partial charge in [0, 0.05) is 6.20 Å². The average molecular weight is 178 g/mol. The number of nitrogens with zero attached hydrogens (tertiary/aromatic N) is 1. The quantitative estimate of drug-likeness (QED) is 0.704. The second kappa shape index (κ2) is 3.88. The number of pyridine rings is 1. The van der Waals surface area contributed by atoms with Gasteiger partial charge in [-0.2, -0.15) is 0 Å². The first-order valence-electron chi connectivity index (χ1n) is 2.55. The molecule has 1 aromatic rings. The van der Waals surface area contributed by atoms with Gasteiger partial charge in [-0.3, -0.25) is 0 Å². The van der Waals surface area contributed by atoms with Gasteiger partial charge in [0.1, 0.15) is 0 Å². The van der Waals surface area contributed by atoms with Crippen molar-refractivity contribution in [2.75, 3.05) is 0 Å². The molecular formula is C6H5ClFNO2. The number of hydrogen-bond donors (Lipinski definition) is 1. The molecule has 1 N–H and O–H groups in total. The summed E-state index contributed by atoms with van der Waals surface area (Å²) < 4.78 is 12.4. The van der Waals surface area contributed by atoms with Crippen LogP contribution in [0.25, 0.3) is 0 Å². The molecule has 0 fully saturated rings. The maximum Gasteiger partial charge on any atom is 0.357 e. The van der Waals surface area contributed by atoms with Crippen LogP contribution in [0.5, 0.6) is 0 Å². The third-order valence-electron chi connectivity index (χ3n) is 0.961. The highest BCUT2D eigenvalue weighted by Crippen LogP contribution is 2.00. The standard InChI is InChI=1S/C6H4FNO2.ClH/c7-4-2-1-3-8-5(4)6(9)10;/h1-3H,(H,9,10);1H. The molecule has 0 unspecified atom stereocenters. The predicted octanol–water partition coefficient (Wildman–Crippen LogP) is 1.34. The van der Waals surface area contributed by atoms with Crippen LogP contribution >= 0.6 is 12.4 Å². The van der Waals surface area contributed by atoms with Crippen molar-refractivity contribution in [2.45, 2.75) is 0 Å². The summed E-state index contributed by atoms with van der Waals surface area (Å²) in [6.45, 7) is 0. The fourth-order valence-corrected chi connectivity index (χ4v) is 0.543. The zero-order valence-electron chi connectivity index (χ0n) is 5.32. The minimum atomic E-state index is -1.35. The number of halogens is 2. The molecule has 60 valence electrons. The van der Waals surface area contributed by atoms with E-state index >= 15 is 0 Å². The van der Waals surface area contributed by atoms with E-state index in [4.69, 9.17) is 5.11 Å². The number of hydrogen-bond acceptors (Lipinski definition) is 2. The van der Waals surface area contributed by atoms with Gasteiger partial charge in [-0.25, -0.2) is 14.2 Å². The molecule has 1 heterocycles. The number of rotatable bonds is 1. The molecule has 1 aromatic heterocycles. The van der Waals surface area contributed by atoms with E-state index in [1.807, 2.05) is 0 Å². The summed E-state index contributed by atoms with van der Waals surface area (Å²) in [6.07, 6.45) is 1.23. The topological polar surface area (TPSA) is 50.2 Å². The zero-order valence-corrected chi connectivity index (χ0v) is 6.14. The summed E-state index contributed by atoms with van der Waals surface area (Å²) in [7, 11) is 0. The van der Waals surface area contributed by atoms with Crippen molar-refractivity contribution in [1.29, 1.82) is 0 Å². The number of aromatic nitrogens is 1. The molecule has 0 aliphatic rings. The summed E-state index contributed by atoms with van der Waals surface area (Å²) >= 11 is 0. The van der Waals surface area contributed by atoms with Gasteiger partial charge in [0.2, 0.25) is 0 Å². The lowest BCUT2D eigenvalue weighted by atomic mass is 10.3. The first-order valence-corrected chi connectivity index (χ1v) is 2.55. The Morgan fingerprint density at radius 2 is 2.27 bits per heavy atom. The molecule has 0 bridgehead atoms. The van der Waals surface area contributed by atoms with E-state index in [0.29, 0.717) is 0 Å². The molecule has 3 nitrogen and oxygen atoms in total. The highest BCUT2D eigenvalue weighted by Gasteiger charge is 2.08. The molecule has 0 saturated carbocycles. The van der Waals surface area contributed by atoms with E-state index in [1.54, 1.807) is 0 Å². The Hall–Kier alpha value is -1.16. The molecule has 0 radical (unpaired) electrons. The van der Waals surface area contributed by atoms with Crippen LogP contribution in [-0.2, 0) is 0 Å². The maximum atomic E-state index is 12.4. The van der Waals surface area contributed by atoms with Gasteiger partial charge < -0.3 is 5.11 Å². The molecular weight excluding hydrogens is 173 g/mol. The van der Waals surface area contributed by atoms with Gasteiger partial charge in [0.05, 0.1) is 0 Å². The second-order valence-corrected chi connectivity index (χ2v) is 1.64. The van der Waals surface area contributed by atoms with Crippen LogP contribution in [0.1, 0.15) is 10.5 Å². The minimum Gasteiger partial charge on any atom is -0.476 e. The Bertz CT molecular complexity index is 267. The lowest BCUT2D eigenvalue weighted by Crippen LogP contribution is -2.02. The van der Waals surface area contributed by atoms with Gasteiger partial charge in [-0.15, -0.1) is 12.4 Å². The van der Waals surface area contributed by atoms with Gasteiger partial charge in [0.15, 0.2) is 11.5 Å². The lowest BCUT2D eigenvalue weighted by Gasteiger charge is -1.91. The van der Waals surface area contributed by atoms with E-state index < -0.39 is 17.5 Å². The van der Waals surface area contributed by atoms with Crippen molar-refractivity contribution in [3.63, 3.8) is 0 Å². The molecule has 1 rings (SSSR count). The summed E-state index contributed by atoms with van der Waals surface area (Å²) in [4.78, 5) is 13.4. The number of aromatic carboxylic acids is 1. The second-order valence-electron chi connectivity index (χ2n) is 1.64. The van der Waals surface area contributed by atoms with Crippen LogP contribution in [0.15, 0.2) is 18.3 Å². The van der Waals surface area contributed by atoms with Crippen LogP contribution in [0.2, 0.25) is 0 Å². The third-order valence-corrected chi connectivity index (χ3v) is 0.961. The van der Waals surface area contributed by atoms with Crippen molar-refractivity contribution < 1.29 is 14.3 Å². The summed E-state index contributed by atoms with van der Waals surface area (Å²) in [5, 5.41) is 8.26. The minimum absolute atomic E-state index is 0. The highest BCUT2D eigenvalue weighted by molar-refractivity contribution is 5.85. The Balaban J connectivity index is 0.000001000. The Labute approximate surface area is 68.3 Å². The Kier molecular flexibility index (Phi) is 3.47. The smallest absolute Gasteiger partial charge is 0.357 e. The van der Waals surface area contributed by atoms with E-state index in [2.05, 4.69) is 4.98 Å². The molecule has 0 atom stereocenters. The SMILES string of the molecule is Cl.O=C(O)c1ncccc1F.